The van der Waals surface area contributed by atoms with Gasteiger partial charge in [0.1, 0.15) is 0 Å². The first-order chi connectivity index (χ1) is 9.62. The third-order valence-corrected chi connectivity index (χ3v) is 8.07. The second kappa shape index (κ2) is 4.46. The van der Waals surface area contributed by atoms with Crippen LogP contribution in [0, 0.1) is 22.7 Å². The van der Waals surface area contributed by atoms with Gasteiger partial charge in [0, 0.05) is 12.0 Å². The standard InChI is InChI=1S/C18H31NO/c19-13-17(12-14-3-4-15(17)11-14)18(20)9-7-16(8-10-18)5-1-2-6-16/h14-15,20H,1-13,19H2. The van der Waals surface area contributed by atoms with Gasteiger partial charge in [0.25, 0.3) is 0 Å². The Labute approximate surface area is 123 Å². The van der Waals surface area contributed by atoms with E-state index in [1.807, 2.05) is 0 Å². The Hall–Kier alpha value is -0.0800. The smallest absolute Gasteiger partial charge is 0.0719 e. The molecule has 0 amide bonds. The molecule has 0 saturated heterocycles. The summed E-state index contributed by atoms with van der Waals surface area (Å²) < 4.78 is 0. The van der Waals surface area contributed by atoms with Gasteiger partial charge in [-0.05, 0) is 75.0 Å². The summed E-state index contributed by atoms with van der Waals surface area (Å²) in [5.74, 6) is 1.59. The first-order valence-corrected chi connectivity index (χ1v) is 9.04. The first kappa shape index (κ1) is 13.6. The van der Waals surface area contributed by atoms with Crippen molar-refractivity contribution >= 4 is 0 Å². The number of hydrogen-bond donors (Lipinski definition) is 2. The van der Waals surface area contributed by atoms with Crippen molar-refractivity contribution < 1.29 is 5.11 Å². The lowest BCUT2D eigenvalue weighted by atomic mass is 9.54. The number of fused-ring (bicyclic) bond motifs is 2. The van der Waals surface area contributed by atoms with Crippen molar-refractivity contribution in [2.45, 2.75) is 82.7 Å². The molecule has 4 fully saturated rings. The van der Waals surface area contributed by atoms with Crippen LogP contribution in [0.4, 0.5) is 0 Å². The molecular weight excluding hydrogens is 246 g/mol. The first-order valence-electron chi connectivity index (χ1n) is 9.04. The molecule has 20 heavy (non-hydrogen) atoms. The fourth-order valence-electron chi connectivity index (χ4n) is 6.77. The van der Waals surface area contributed by atoms with E-state index >= 15 is 0 Å². The van der Waals surface area contributed by atoms with Crippen molar-refractivity contribution in [3.05, 3.63) is 0 Å². The van der Waals surface area contributed by atoms with E-state index in [-0.39, 0.29) is 5.41 Å². The second-order valence-corrected chi connectivity index (χ2v) is 8.68. The molecule has 114 valence electrons. The van der Waals surface area contributed by atoms with Gasteiger partial charge in [-0.25, -0.2) is 0 Å². The SMILES string of the molecule is NCC1(C2(O)CCC3(CCCC3)CC2)CC2CCC1C2. The lowest BCUT2D eigenvalue weighted by molar-refractivity contribution is -0.147. The van der Waals surface area contributed by atoms with Crippen LogP contribution in [0.1, 0.15) is 77.0 Å². The van der Waals surface area contributed by atoms with E-state index in [1.54, 1.807) is 0 Å². The molecule has 4 rings (SSSR count). The number of rotatable bonds is 2. The van der Waals surface area contributed by atoms with Crippen LogP contribution in [0.5, 0.6) is 0 Å². The lowest BCUT2D eigenvalue weighted by Gasteiger charge is -2.54. The van der Waals surface area contributed by atoms with Gasteiger partial charge < -0.3 is 10.8 Å². The molecule has 2 bridgehead atoms. The molecular formula is C18H31NO. The predicted molar refractivity (Wildman–Crippen MR) is 81.3 cm³/mol. The summed E-state index contributed by atoms with van der Waals surface area (Å²) >= 11 is 0. The molecule has 3 unspecified atom stereocenters. The minimum atomic E-state index is -0.435. The van der Waals surface area contributed by atoms with Crippen LogP contribution in [-0.4, -0.2) is 17.3 Å². The number of nitrogens with two attached hydrogens (primary N) is 1. The fourth-order valence-corrected chi connectivity index (χ4v) is 6.77. The minimum absolute atomic E-state index is 0.0795. The van der Waals surface area contributed by atoms with Crippen LogP contribution >= 0.6 is 0 Å². The summed E-state index contributed by atoms with van der Waals surface area (Å²) in [5.41, 5.74) is 6.51. The quantitative estimate of drug-likeness (QED) is 0.810. The topological polar surface area (TPSA) is 46.2 Å². The molecule has 2 heteroatoms. The average Bonchev–Trinajstić information content (AvgIpc) is 3.18. The van der Waals surface area contributed by atoms with Crippen LogP contribution in [0.3, 0.4) is 0 Å². The second-order valence-electron chi connectivity index (χ2n) is 8.68. The molecule has 4 saturated carbocycles. The molecule has 1 spiro atoms. The van der Waals surface area contributed by atoms with Gasteiger partial charge in [-0.1, -0.05) is 19.3 Å². The highest BCUT2D eigenvalue weighted by Gasteiger charge is 2.61. The monoisotopic (exact) mass is 277 g/mol. The van der Waals surface area contributed by atoms with Gasteiger partial charge in [-0.3, -0.25) is 0 Å². The zero-order valence-electron chi connectivity index (χ0n) is 12.9. The van der Waals surface area contributed by atoms with Crippen molar-refractivity contribution in [1.29, 1.82) is 0 Å². The Morgan fingerprint density at radius 1 is 0.950 bits per heavy atom. The third kappa shape index (κ3) is 1.70. The number of hydrogen-bond acceptors (Lipinski definition) is 2. The molecule has 3 N–H and O–H groups in total. The third-order valence-electron chi connectivity index (χ3n) is 8.07. The van der Waals surface area contributed by atoms with Crippen molar-refractivity contribution in [2.24, 2.45) is 28.4 Å². The van der Waals surface area contributed by atoms with Gasteiger partial charge in [-0.2, -0.15) is 0 Å². The van der Waals surface area contributed by atoms with Crippen LogP contribution in [0.25, 0.3) is 0 Å². The van der Waals surface area contributed by atoms with E-state index in [0.29, 0.717) is 5.41 Å². The summed E-state index contributed by atoms with van der Waals surface area (Å²) in [6, 6.07) is 0. The zero-order chi connectivity index (χ0) is 13.8. The largest absolute Gasteiger partial charge is 0.389 e. The average molecular weight is 277 g/mol. The maximum absolute atomic E-state index is 11.5. The number of aliphatic hydroxyl groups is 1. The predicted octanol–water partition coefficient (Wildman–Crippen LogP) is 3.62. The normalized spacial score (nSPS) is 45.3. The summed E-state index contributed by atoms with van der Waals surface area (Å²) in [6.07, 6.45) is 15.6. The maximum Gasteiger partial charge on any atom is 0.0719 e. The van der Waals surface area contributed by atoms with E-state index in [9.17, 15) is 5.11 Å². The van der Waals surface area contributed by atoms with E-state index < -0.39 is 5.60 Å². The van der Waals surface area contributed by atoms with Crippen LogP contribution < -0.4 is 5.73 Å². The van der Waals surface area contributed by atoms with E-state index in [2.05, 4.69) is 0 Å². The van der Waals surface area contributed by atoms with Crippen molar-refractivity contribution in [3.8, 4) is 0 Å². The highest BCUT2D eigenvalue weighted by molar-refractivity contribution is 5.13. The van der Waals surface area contributed by atoms with E-state index in [1.165, 1.54) is 64.2 Å². The van der Waals surface area contributed by atoms with Crippen molar-refractivity contribution in [1.82, 2.24) is 0 Å². The molecule has 3 atom stereocenters. The Bertz CT molecular complexity index is 377. The van der Waals surface area contributed by atoms with Crippen LogP contribution in [0.2, 0.25) is 0 Å². The highest BCUT2D eigenvalue weighted by atomic mass is 16.3. The zero-order valence-corrected chi connectivity index (χ0v) is 12.9. The fraction of sp³-hybridized carbons (Fsp3) is 1.00. The molecule has 2 nitrogen and oxygen atoms in total. The lowest BCUT2D eigenvalue weighted by Crippen LogP contribution is -2.57. The summed E-state index contributed by atoms with van der Waals surface area (Å²) in [5, 5.41) is 11.5. The minimum Gasteiger partial charge on any atom is -0.389 e. The van der Waals surface area contributed by atoms with E-state index in [0.717, 1.165) is 31.2 Å². The Kier molecular flexibility index (Phi) is 3.03. The highest BCUT2D eigenvalue weighted by Crippen LogP contribution is 2.64. The maximum atomic E-state index is 11.5. The molecule has 0 radical (unpaired) electrons. The Morgan fingerprint density at radius 2 is 1.65 bits per heavy atom. The van der Waals surface area contributed by atoms with E-state index in [4.69, 9.17) is 5.73 Å². The summed E-state index contributed by atoms with van der Waals surface area (Å²) in [4.78, 5) is 0. The van der Waals surface area contributed by atoms with Gasteiger partial charge in [0.15, 0.2) is 0 Å². The molecule has 0 aromatic heterocycles. The van der Waals surface area contributed by atoms with Crippen molar-refractivity contribution in [2.75, 3.05) is 6.54 Å². The Balaban J connectivity index is 1.55. The van der Waals surface area contributed by atoms with Gasteiger partial charge in [-0.15, -0.1) is 0 Å². The summed E-state index contributed by atoms with van der Waals surface area (Å²) in [7, 11) is 0. The molecule has 4 aliphatic carbocycles. The van der Waals surface area contributed by atoms with Gasteiger partial charge in [0.2, 0.25) is 0 Å². The van der Waals surface area contributed by atoms with Gasteiger partial charge >= 0.3 is 0 Å². The summed E-state index contributed by atoms with van der Waals surface area (Å²) in [6.45, 7) is 0.720. The van der Waals surface area contributed by atoms with Gasteiger partial charge in [0.05, 0.1) is 5.60 Å². The molecule has 0 heterocycles. The van der Waals surface area contributed by atoms with Crippen molar-refractivity contribution in [3.63, 3.8) is 0 Å². The molecule has 0 aliphatic heterocycles. The van der Waals surface area contributed by atoms with Crippen LogP contribution in [0.15, 0.2) is 0 Å². The Morgan fingerprint density at radius 3 is 2.15 bits per heavy atom. The molecule has 4 aliphatic rings. The molecule has 0 aromatic carbocycles. The molecule has 0 aromatic rings. The van der Waals surface area contributed by atoms with Crippen LogP contribution in [-0.2, 0) is 0 Å².